The Hall–Kier alpha value is -5.72. The largest absolute Gasteiger partial charge is 0.0622 e. The minimum Gasteiger partial charge on any atom is -0.0622 e. The van der Waals surface area contributed by atoms with Gasteiger partial charge in [-0.05, 0) is 118 Å². The zero-order chi connectivity index (χ0) is 33.8. The van der Waals surface area contributed by atoms with Crippen LogP contribution < -0.4 is 0 Å². The summed E-state index contributed by atoms with van der Waals surface area (Å²) in [5.41, 5.74) is 18.6. The molecule has 0 amide bonds. The summed E-state index contributed by atoms with van der Waals surface area (Å²) >= 11 is 0. The molecule has 8 aromatic carbocycles. The minimum atomic E-state index is -0.0723. The molecule has 238 valence electrons. The van der Waals surface area contributed by atoms with Crippen LogP contribution in [0.2, 0.25) is 0 Å². The normalized spacial score (nSPS) is 14.7. The highest BCUT2D eigenvalue weighted by molar-refractivity contribution is 6.22. The van der Waals surface area contributed by atoms with E-state index in [1.165, 1.54) is 99.4 Å². The van der Waals surface area contributed by atoms with Crippen LogP contribution in [0.5, 0.6) is 0 Å². The van der Waals surface area contributed by atoms with Gasteiger partial charge < -0.3 is 0 Å². The first-order valence-electron chi connectivity index (χ1n) is 17.9. The van der Waals surface area contributed by atoms with Gasteiger partial charge in [-0.3, -0.25) is 0 Å². The van der Waals surface area contributed by atoms with E-state index in [0.717, 1.165) is 0 Å². The van der Waals surface area contributed by atoms with E-state index >= 15 is 0 Å². The second-order valence-corrected chi connectivity index (χ2v) is 15.3. The van der Waals surface area contributed by atoms with Crippen molar-refractivity contribution in [1.29, 1.82) is 0 Å². The SMILES string of the molecule is CC1(C)c2ccccc2-c2cc(-c3c4ccccc4c(-c4ccc5c(c4)C(C)(C)c4ccccc4-5)c4cc(-c5ccccc5)ccc34)ccc21. The zero-order valence-corrected chi connectivity index (χ0v) is 29.0. The molecule has 2 aliphatic carbocycles. The average Bonchev–Trinajstić information content (AvgIpc) is 3.53. The van der Waals surface area contributed by atoms with Gasteiger partial charge in [0.05, 0.1) is 0 Å². The maximum absolute atomic E-state index is 2.49. The van der Waals surface area contributed by atoms with Gasteiger partial charge in [-0.1, -0.05) is 167 Å². The maximum atomic E-state index is 2.49. The van der Waals surface area contributed by atoms with Crippen molar-refractivity contribution in [2.45, 2.75) is 38.5 Å². The summed E-state index contributed by atoms with van der Waals surface area (Å²) in [4.78, 5) is 0. The molecule has 2 aliphatic rings. The first-order valence-corrected chi connectivity index (χ1v) is 17.9. The van der Waals surface area contributed by atoms with E-state index in [0.29, 0.717) is 0 Å². The molecule has 0 N–H and O–H groups in total. The fraction of sp³-hybridized carbons (Fsp3) is 0.120. The fourth-order valence-electron chi connectivity index (χ4n) is 9.35. The molecule has 0 spiro atoms. The molecule has 0 radical (unpaired) electrons. The first kappa shape index (κ1) is 29.2. The molecule has 0 aromatic heterocycles. The number of hydrogen-bond acceptors (Lipinski definition) is 0. The van der Waals surface area contributed by atoms with Crippen LogP contribution in [-0.4, -0.2) is 0 Å². The minimum absolute atomic E-state index is 0.0238. The molecule has 0 heteroatoms. The summed E-state index contributed by atoms with van der Waals surface area (Å²) < 4.78 is 0. The lowest BCUT2D eigenvalue weighted by Crippen LogP contribution is -2.14. The summed E-state index contributed by atoms with van der Waals surface area (Å²) in [5.74, 6) is 0. The van der Waals surface area contributed by atoms with E-state index in [-0.39, 0.29) is 10.8 Å². The number of fused-ring (bicyclic) bond motifs is 8. The topological polar surface area (TPSA) is 0 Å². The van der Waals surface area contributed by atoms with Gasteiger partial charge in [0.25, 0.3) is 0 Å². The number of benzene rings is 8. The van der Waals surface area contributed by atoms with Crippen LogP contribution in [-0.2, 0) is 10.8 Å². The van der Waals surface area contributed by atoms with Crippen LogP contribution in [0, 0.1) is 0 Å². The molecule has 0 bridgehead atoms. The molecule has 0 unspecified atom stereocenters. The maximum Gasteiger partial charge on any atom is 0.0159 e. The van der Waals surface area contributed by atoms with Crippen molar-refractivity contribution in [1.82, 2.24) is 0 Å². The molecular formula is C50H38. The van der Waals surface area contributed by atoms with Crippen LogP contribution in [0.25, 0.3) is 77.2 Å². The quantitative estimate of drug-likeness (QED) is 0.169. The highest BCUT2D eigenvalue weighted by Gasteiger charge is 2.37. The fourth-order valence-corrected chi connectivity index (χ4v) is 9.35. The van der Waals surface area contributed by atoms with Crippen LogP contribution in [0.3, 0.4) is 0 Å². The van der Waals surface area contributed by atoms with Gasteiger partial charge in [0.2, 0.25) is 0 Å². The lowest BCUT2D eigenvalue weighted by molar-refractivity contribution is 0.660. The highest BCUT2D eigenvalue weighted by atomic mass is 14.4. The Labute approximate surface area is 294 Å². The third-order valence-electron chi connectivity index (χ3n) is 11.9. The third kappa shape index (κ3) is 4.00. The molecule has 0 saturated heterocycles. The summed E-state index contributed by atoms with van der Waals surface area (Å²) in [6.07, 6.45) is 0. The van der Waals surface area contributed by atoms with Gasteiger partial charge in [0.1, 0.15) is 0 Å². The molecule has 0 heterocycles. The van der Waals surface area contributed by atoms with Crippen molar-refractivity contribution < 1.29 is 0 Å². The predicted molar refractivity (Wildman–Crippen MR) is 213 cm³/mol. The van der Waals surface area contributed by atoms with Crippen molar-refractivity contribution in [3.8, 4) is 55.6 Å². The Morgan fingerprint density at radius 2 is 0.760 bits per heavy atom. The van der Waals surface area contributed by atoms with E-state index in [2.05, 4.69) is 185 Å². The van der Waals surface area contributed by atoms with Crippen molar-refractivity contribution >= 4 is 21.5 Å². The van der Waals surface area contributed by atoms with E-state index in [1.807, 2.05) is 0 Å². The van der Waals surface area contributed by atoms with Gasteiger partial charge in [0, 0.05) is 10.8 Å². The molecule has 0 atom stereocenters. The molecular weight excluding hydrogens is 601 g/mol. The van der Waals surface area contributed by atoms with Crippen LogP contribution in [0.4, 0.5) is 0 Å². The highest BCUT2D eigenvalue weighted by Crippen LogP contribution is 2.53. The summed E-state index contributed by atoms with van der Waals surface area (Å²) in [7, 11) is 0. The Morgan fingerprint density at radius 1 is 0.280 bits per heavy atom. The summed E-state index contributed by atoms with van der Waals surface area (Å²) in [6, 6.07) is 59.3. The standard InChI is InChI=1S/C50H38/c1-49(2)44-21-13-11-17-36(44)41-29-33(24-27-45(41)49)47-38-18-8-9-19-39(38)48(42-28-32(22-26-40(42)47)31-14-6-5-7-15-31)34-23-25-37-35-16-10-12-20-43(35)50(3,4)46(37)30-34/h5-30H,1-4H3. The molecule has 0 aliphatic heterocycles. The van der Waals surface area contributed by atoms with Crippen molar-refractivity contribution in [3.05, 3.63) is 180 Å². The van der Waals surface area contributed by atoms with Crippen LogP contribution in [0.1, 0.15) is 49.9 Å². The van der Waals surface area contributed by atoms with Gasteiger partial charge in [0.15, 0.2) is 0 Å². The van der Waals surface area contributed by atoms with E-state index in [4.69, 9.17) is 0 Å². The molecule has 0 saturated carbocycles. The van der Waals surface area contributed by atoms with E-state index in [9.17, 15) is 0 Å². The smallest absolute Gasteiger partial charge is 0.0159 e. The molecule has 0 nitrogen and oxygen atoms in total. The molecule has 10 rings (SSSR count). The van der Waals surface area contributed by atoms with E-state index < -0.39 is 0 Å². The van der Waals surface area contributed by atoms with Crippen molar-refractivity contribution in [3.63, 3.8) is 0 Å². The Balaban J connectivity index is 1.28. The average molecular weight is 639 g/mol. The Morgan fingerprint density at radius 3 is 1.48 bits per heavy atom. The third-order valence-corrected chi connectivity index (χ3v) is 11.9. The second kappa shape index (κ2) is 10.4. The number of rotatable bonds is 3. The molecule has 0 fully saturated rings. The molecule has 8 aromatic rings. The van der Waals surface area contributed by atoms with Gasteiger partial charge >= 0.3 is 0 Å². The van der Waals surface area contributed by atoms with Crippen LogP contribution in [0.15, 0.2) is 158 Å². The predicted octanol–water partition coefficient (Wildman–Crippen LogP) is 13.6. The summed E-state index contributed by atoms with van der Waals surface area (Å²) in [6.45, 7) is 9.47. The Bertz CT molecular complexity index is 2690. The second-order valence-electron chi connectivity index (χ2n) is 15.3. The first-order chi connectivity index (χ1) is 24.3. The van der Waals surface area contributed by atoms with Gasteiger partial charge in [-0.2, -0.15) is 0 Å². The van der Waals surface area contributed by atoms with E-state index in [1.54, 1.807) is 0 Å². The monoisotopic (exact) mass is 638 g/mol. The van der Waals surface area contributed by atoms with Crippen molar-refractivity contribution in [2.75, 3.05) is 0 Å². The lowest BCUT2D eigenvalue weighted by atomic mass is 9.80. The Kier molecular flexibility index (Phi) is 6.07. The van der Waals surface area contributed by atoms with Gasteiger partial charge in [-0.25, -0.2) is 0 Å². The zero-order valence-electron chi connectivity index (χ0n) is 29.0. The van der Waals surface area contributed by atoms with Crippen LogP contribution >= 0.6 is 0 Å². The van der Waals surface area contributed by atoms with Gasteiger partial charge in [-0.15, -0.1) is 0 Å². The molecule has 50 heavy (non-hydrogen) atoms. The summed E-state index contributed by atoms with van der Waals surface area (Å²) in [5, 5.41) is 5.15. The lowest BCUT2D eigenvalue weighted by Gasteiger charge is -2.23. The van der Waals surface area contributed by atoms with Crippen molar-refractivity contribution in [2.24, 2.45) is 0 Å². The number of hydrogen-bond donors (Lipinski definition) is 0.